The normalized spacial score (nSPS) is 11.8. The SMILES string of the molecule is Nc1cc(-c2ccc(F)c(C(F)(F)F)c2)no1. The van der Waals surface area contributed by atoms with Gasteiger partial charge in [-0.2, -0.15) is 13.2 Å². The number of rotatable bonds is 1. The molecule has 0 aliphatic heterocycles. The topological polar surface area (TPSA) is 52.0 Å². The first-order chi connectivity index (χ1) is 7.88. The predicted octanol–water partition coefficient (Wildman–Crippen LogP) is 3.08. The number of hydrogen-bond donors (Lipinski definition) is 1. The molecule has 90 valence electrons. The van der Waals surface area contributed by atoms with Gasteiger partial charge in [-0.3, -0.25) is 0 Å². The van der Waals surface area contributed by atoms with Crippen molar-refractivity contribution >= 4 is 5.88 Å². The summed E-state index contributed by atoms with van der Waals surface area (Å²) in [6.07, 6.45) is -4.75. The minimum Gasteiger partial charge on any atom is -0.368 e. The van der Waals surface area contributed by atoms with Crippen molar-refractivity contribution in [1.82, 2.24) is 5.16 Å². The number of halogens is 4. The minimum atomic E-state index is -4.75. The minimum absolute atomic E-state index is 0.0297. The van der Waals surface area contributed by atoms with Crippen LogP contribution in [0.25, 0.3) is 11.3 Å². The molecule has 7 heteroatoms. The number of nitrogens with zero attached hydrogens (tertiary/aromatic N) is 1. The monoisotopic (exact) mass is 246 g/mol. The average Bonchev–Trinajstić information content (AvgIpc) is 2.64. The molecule has 1 aromatic heterocycles. The van der Waals surface area contributed by atoms with Crippen LogP contribution in [-0.2, 0) is 6.18 Å². The smallest absolute Gasteiger partial charge is 0.368 e. The van der Waals surface area contributed by atoms with Crippen molar-refractivity contribution < 1.29 is 22.1 Å². The summed E-state index contributed by atoms with van der Waals surface area (Å²) >= 11 is 0. The molecule has 0 radical (unpaired) electrons. The van der Waals surface area contributed by atoms with Crippen molar-refractivity contribution in [1.29, 1.82) is 0 Å². The molecule has 2 N–H and O–H groups in total. The fraction of sp³-hybridized carbons (Fsp3) is 0.100. The highest BCUT2D eigenvalue weighted by molar-refractivity contribution is 5.62. The summed E-state index contributed by atoms with van der Waals surface area (Å²) in [5.74, 6) is -1.37. The molecule has 0 saturated carbocycles. The second-order valence-corrected chi connectivity index (χ2v) is 3.31. The van der Waals surface area contributed by atoms with Gasteiger partial charge in [0.25, 0.3) is 0 Å². The number of nitrogen functional groups attached to an aromatic ring is 1. The van der Waals surface area contributed by atoms with Gasteiger partial charge >= 0.3 is 6.18 Å². The Hall–Kier alpha value is -2.05. The Bertz CT molecular complexity index is 547. The van der Waals surface area contributed by atoms with Crippen LogP contribution in [0, 0.1) is 5.82 Å². The van der Waals surface area contributed by atoms with E-state index in [2.05, 4.69) is 9.68 Å². The summed E-state index contributed by atoms with van der Waals surface area (Å²) in [4.78, 5) is 0. The summed E-state index contributed by atoms with van der Waals surface area (Å²) in [5.41, 5.74) is 4.09. The Balaban J connectivity index is 2.51. The molecule has 17 heavy (non-hydrogen) atoms. The van der Waals surface area contributed by atoms with Crippen molar-refractivity contribution in [3.05, 3.63) is 35.6 Å². The zero-order valence-corrected chi connectivity index (χ0v) is 8.25. The van der Waals surface area contributed by atoms with Crippen molar-refractivity contribution in [2.45, 2.75) is 6.18 Å². The Morgan fingerprint density at radius 3 is 2.41 bits per heavy atom. The molecule has 2 rings (SSSR count). The van der Waals surface area contributed by atoms with Crippen LogP contribution in [0.2, 0.25) is 0 Å². The highest BCUT2D eigenvalue weighted by atomic mass is 19.4. The zero-order valence-electron chi connectivity index (χ0n) is 8.25. The Kier molecular flexibility index (Phi) is 2.53. The third kappa shape index (κ3) is 2.22. The summed E-state index contributed by atoms with van der Waals surface area (Å²) in [7, 11) is 0. The summed E-state index contributed by atoms with van der Waals surface area (Å²) in [6, 6.07) is 3.81. The fourth-order valence-electron chi connectivity index (χ4n) is 1.33. The highest BCUT2D eigenvalue weighted by Gasteiger charge is 2.34. The Morgan fingerprint density at radius 2 is 1.88 bits per heavy atom. The van der Waals surface area contributed by atoms with Gasteiger partial charge in [-0.1, -0.05) is 5.16 Å². The lowest BCUT2D eigenvalue weighted by atomic mass is 10.1. The molecule has 0 saturated heterocycles. The molecule has 0 unspecified atom stereocenters. The van der Waals surface area contributed by atoms with E-state index in [1.165, 1.54) is 12.1 Å². The number of benzene rings is 1. The number of aromatic nitrogens is 1. The van der Waals surface area contributed by atoms with E-state index in [0.717, 1.165) is 6.07 Å². The lowest BCUT2D eigenvalue weighted by Gasteiger charge is -2.08. The average molecular weight is 246 g/mol. The molecular formula is C10H6F4N2O. The zero-order chi connectivity index (χ0) is 12.6. The third-order valence-corrected chi connectivity index (χ3v) is 2.10. The molecule has 0 bridgehead atoms. The van der Waals surface area contributed by atoms with E-state index in [4.69, 9.17) is 5.73 Å². The standard InChI is InChI=1S/C10H6F4N2O/c11-7-2-1-5(3-6(7)10(12,13)14)8-4-9(15)17-16-8/h1-4H,15H2. The Morgan fingerprint density at radius 1 is 1.18 bits per heavy atom. The van der Waals surface area contributed by atoms with Gasteiger partial charge in [-0.15, -0.1) is 0 Å². The molecule has 2 aromatic rings. The van der Waals surface area contributed by atoms with Crippen LogP contribution in [0.3, 0.4) is 0 Å². The third-order valence-electron chi connectivity index (χ3n) is 2.10. The van der Waals surface area contributed by atoms with Crippen LogP contribution >= 0.6 is 0 Å². The second-order valence-electron chi connectivity index (χ2n) is 3.31. The van der Waals surface area contributed by atoms with Crippen LogP contribution in [0.1, 0.15) is 5.56 Å². The molecule has 0 atom stereocenters. The van der Waals surface area contributed by atoms with Gasteiger partial charge in [-0.25, -0.2) is 4.39 Å². The lowest BCUT2D eigenvalue weighted by Crippen LogP contribution is -2.08. The van der Waals surface area contributed by atoms with Gasteiger partial charge in [-0.05, 0) is 18.2 Å². The van der Waals surface area contributed by atoms with E-state index in [1.54, 1.807) is 0 Å². The number of hydrogen-bond acceptors (Lipinski definition) is 3. The van der Waals surface area contributed by atoms with Crippen molar-refractivity contribution in [2.75, 3.05) is 5.73 Å². The molecule has 1 aromatic carbocycles. The van der Waals surface area contributed by atoms with Crippen molar-refractivity contribution in [2.24, 2.45) is 0 Å². The van der Waals surface area contributed by atoms with E-state index in [0.29, 0.717) is 6.07 Å². The van der Waals surface area contributed by atoms with Gasteiger partial charge in [0.05, 0.1) is 5.56 Å². The number of alkyl halides is 3. The van der Waals surface area contributed by atoms with Gasteiger partial charge in [0.1, 0.15) is 11.5 Å². The van der Waals surface area contributed by atoms with Gasteiger partial charge in [0, 0.05) is 11.6 Å². The van der Waals surface area contributed by atoms with Gasteiger partial charge < -0.3 is 10.3 Å². The van der Waals surface area contributed by atoms with E-state index in [-0.39, 0.29) is 17.1 Å². The summed E-state index contributed by atoms with van der Waals surface area (Å²) in [5, 5.41) is 3.45. The molecular weight excluding hydrogens is 240 g/mol. The van der Waals surface area contributed by atoms with E-state index in [9.17, 15) is 17.6 Å². The van der Waals surface area contributed by atoms with Crippen LogP contribution in [0.5, 0.6) is 0 Å². The largest absolute Gasteiger partial charge is 0.419 e. The molecule has 0 amide bonds. The molecule has 0 spiro atoms. The maximum atomic E-state index is 13.0. The van der Waals surface area contributed by atoms with Crippen molar-refractivity contribution in [3.8, 4) is 11.3 Å². The molecule has 1 heterocycles. The maximum Gasteiger partial charge on any atom is 0.419 e. The van der Waals surface area contributed by atoms with Crippen LogP contribution in [-0.4, -0.2) is 5.16 Å². The van der Waals surface area contributed by atoms with Gasteiger partial charge in [0.2, 0.25) is 5.88 Å². The first-order valence-corrected chi connectivity index (χ1v) is 4.47. The first kappa shape index (κ1) is 11.4. The molecule has 3 nitrogen and oxygen atoms in total. The van der Waals surface area contributed by atoms with Crippen molar-refractivity contribution in [3.63, 3.8) is 0 Å². The quantitative estimate of drug-likeness (QED) is 0.786. The van der Waals surface area contributed by atoms with Gasteiger partial charge in [0.15, 0.2) is 0 Å². The second kappa shape index (κ2) is 3.76. The number of anilines is 1. The summed E-state index contributed by atoms with van der Waals surface area (Å²) in [6.45, 7) is 0. The van der Waals surface area contributed by atoms with Crippen LogP contribution < -0.4 is 5.73 Å². The Labute approximate surface area is 92.8 Å². The predicted molar refractivity (Wildman–Crippen MR) is 51.3 cm³/mol. The molecule has 0 aliphatic rings. The molecule has 0 aliphatic carbocycles. The maximum absolute atomic E-state index is 13.0. The van der Waals surface area contributed by atoms with E-state index < -0.39 is 17.6 Å². The summed E-state index contributed by atoms with van der Waals surface area (Å²) < 4.78 is 54.8. The highest BCUT2D eigenvalue weighted by Crippen LogP contribution is 2.34. The van der Waals surface area contributed by atoms with Crippen LogP contribution in [0.15, 0.2) is 28.8 Å². The lowest BCUT2D eigenvalue weighted by molar-refractivity contribution is -0.139. The molecule has 0 fully saturated rings. The van der Waals surface area contributed by atoms with Crippen LogP contribution in [0.4, 0.5) is 23.4 Å². The first-order valence-electron chi connectivity index (χ1n) is 4.47. The van der Waals surface area contributed by atoms with E-state index >= 15 is 0 Å². The number of nitrogens with two attached hydrogens (primary N) is 1. The van der Waals surface area contributed by atoms with E-state index in [1.807, 2.05) is 0 Å². The fourth-order valence-corrected chi connectivity index (χ4v) is 1.33.